The summed E-state index contributed by atoms with van der Waals surface area (Å²) < 4.78 is 13.4. The van der Waals surface area contributed by atoms with Crippen LogP contribution in [0.25, 0.3) is 0 Å². The molecule has 0 spiro atoms. The van der Waals surface area contributed by atoms with Gasteiger partial charge in [-0.3, -0.25) is 0 Å². The highest BCUT2D eigenvalue weighted by Gasteiger charge is 2.49. The van der Waals surface area contributed by atoms with Gasteiger partial charge in [-0.15, -0.1) is 13.2 Å². The zero-order chi connectivity index (χ0) is 17.8. The molecular formula is C17H38O2Si3. The molecule has 2 atom stereocenters. The molecule has 0 saturated carbocycles. The summed E-state index contributed by atoms with van der Waals surface area (Å²) in [6.07, 6.45) is 2.02. The highest BCUT2D eigenvalue weighted by Crippen LogP contribution is 2.35. The Kier molecular flexibility index (Phi) is 7.77. The third-order valence-electron chi connectivity index (χ3n) is 5.09. The summed E-state index contributed by atoms with van der Waals surface area (Å²) in [5.41, 5.74) is 4.48. The van der Waals surface area contributed by atoms with E-state index in [-0.39, 0.29) is 5.22 Å². The first-order chi connectivity index (χ1) is 9.80. The van der Waals surface area contributed by atoms with Crippen LogP contribution in [0, 0.1) is 0 Å². The SMILES string of the molecule is C=C[Si](C)(C)OC(C)(CC)[Si](C)(C)OC(CC)[Si](C)(C)C=C. The average Bonchev–Trinajstić information content (AvgIpc) is 2.43. The predicted molar refractivity (Wildman–Crippen MR) is 108 cm³/mol. The van der Waals surface area contributed by atoms with Gasteiger partial charge in [0.15, 0.2) is 0 Å². The molecule has 0 aromatic rings. The zero-order valence-electron chi connectivity index (χ0n) is 16.4. The molecule has 0 N–H and O–H groups in total. The third kappa shape index (κ3) is 5.30. The second-order valence-electron chi connectivity index (χ2n) is 8.04. The van der Waals surface area contributed by atoms with Crippen LogP contribution < -0.4 is 0 Å². The zero-order valence-corrected chi connectivity index (χ0v) is 19.4. The average molecular weight is 359 g/mol. The Bertz CT molecular complexity index is 391. The van der Waals surface area contributed by atoms with Gasteiger partial charge in [0.2, 0.25) is 16.6 Å². The summed E-state index contributed by atoms with van der Waals surface area (Å²) in [4.78, 5) is 0. The number of hydrogen-bond donors (Lipinski definition) is 0. The molecule has 2 unspecified atom stereocenters. The van der Waals surface area contributed by atoms with Gasteiger partial charge >= 0.3 is 0 Å². The van der Waals surface area contributed by atoms with Crippen molar-refractivity contribution in [2.24, 2.45) is 0 Å². The van der Waals surface area contributed by atoms with E-state index in [4.69, 9.17) is 8.85 Å². The van der Waals surface area contributed by atoms with Crippen LogP contribution in [0.2, 0.25) is 39.3 Å². The van der Waals surface area contributed by atoms with Crippen molar-refractivity contribution in [3.63, 3.8) is 0 Å². The smallest absolute Gasteiger partial charge is 0.216 e. The van der Waals surface area contributed by atoms with Crippen LogP contribution in [-0.4, -0.2) is 35.7 Å². The van der Waals surface area contributed by atoms with E-state index in [0.29, 0.717) is 5.73 Å². The lowest BCUT2D eigenvalue weighted by molar-refractivity contribution is 0.110. The molecule has 0 aliphatic heterocycles. The van der Waals surface area contributed by atoms with E-state index < -0.39 is 24.7 Å². The molecule has 0 heterocycles. The summed E-state index contributed by atoms with van der Waals surface area (Å²) in [6, 6.07) is 0. The Labute approximate surface area is 142 Å². The highest BCUT2D eigenvalue weighted by atomic mass is 28.4. The lowest BCUT2D eigenvalue weighted by Gasteiger charge is -2.48. The minimum atomic E-state index is -2.04. The summed E-state index contributed by atoms with van der Waals surface area (Å²) >= 11 is 0. The van der Waals surface area contributed by atoms with Crippen LogP contribution in [0.15, 0.2) is 24.6 Å². The van der Waals surface area contributed by atoms with Gasteiger partial charge in [-0.05, 0) is 46.0 Å². The van der Waals surface area contributed by atoms with Crippen molar-refractivity contribution in [1.29, 1.82) is 0 Å². The first-order valence-corrected chi connectivity index (χ1v) is 17.5. The minimum Gasteiger partial charge on any atom is -0.414 e. The van der Waals surface area contributed by atoms with Gasteiger partial charge < -0.3 is 8.85 Å². The van der Waals surface area contributed by atoms with Crippen LogP contribution in [0.1, 0.15) is 33.6 Å². The molecule has 0 rings (SSSR count). The van der Waals surface area contributed by atoms with Gasteiger partial charge in [0, 0.05) is 5.73 Å². The maximum absolute atomic E-state index is 6.78. The Morgan fingerprint density at radius 2 is 1.50 bits per heavy atom. The summed E-state index contributed by atoms with van der Waals surface area (Å²) in [6.45, 7) is 28.4. The van der Waals surface area contributed by atoms with E-state index in [2.05, 4.69) is 78.9 Å². The molecule has 0 aliphatic carbocycles. The normalized spacial score (nSPS) is 17.7. The molecule has 0 radical (unpaired) electrons. The quantitative estimate of drug-likeness (QED) is 0.472. The third-order valence-corrected chi connectivity index (χ3v) is 14.6. The summed E-state index contributed by atoms with van der Waals surface area (Å²) in [7, 11) is -5.45. The Hall–Kier alpha value is 0.0506. The van der Waals surface area contributed by atoms with Crippen LogP contribution in [0.3, 0.4) is 0 Å². The van der Waals surface area contributed by atoms with Crippen LogP contribution in [0.5, 0.6) is 0 Å². The van der Waals surface area contributed by atoms with Crippen LogP contribution in [0.4, 0.5) is 0 Å². The second-order valence-corrected chi connectivity index (χ2v) is 20.9. The van der Waals surface area contributed by atoms with Crippen LogP contribution >= 0.6 is 0 Å². The molecule has 0 fully saturated rings. The first kappa shape index (κ1) is 22.1. The first-order valence-electron chi connectivity index (χ1n) is 8.46. The molecular weight excluding hydrogens is 320 g/mol. The lowest BCUT2D eigenvalue weighted by Crippen LogP contribution is -2.63. The molecule has 5 heteroatoms. The Balaban J connectivity index is 5.47. The number of rotatable bonds is 10. The second kappa shape index (κ2) is 7.75. The fraction of sp³-hybridized carbons (Fsp3) is 0.765. The van der Waals surface area contributed by atoms with E-state index in [1.54, 1.807) is 0 Å². The van der Waals surface area contributed by atoms with Gasteiger partial charge in [0.1, 0.15) is 8.07 Å². The van der Waals surface area contributed by atoms with Gasteiger partial charge in [-0.25, -0.2) is 0 Å². The lowest BCUT2D eigenvalue weighted by atomic mass is 10.3. The molecule has 0 saturated heterocycles. The van der Waals surface area contributed by atoms with Crippen molar-refractivity contribution in [2.75, 3.05) is 0 Å². The van der Waals surface area contributed by atoms with E-state index in [0.717, 1.165) is 12.8 Å². The molecule has 0 aliphatic rings. The van der Waals surface area contributed by atoms with Crippen LogP contribution in [-0.2, 0) is 8.85 Å². The van der Waals surface area contributed by atoms with Crippen molar-refractivity contribution in [1.82, 2.24) is 0 Å². The molecule has 0 aromatic carbocycles. The highest BCUT2D eigenvalue weighted by molar-refractivity contribution is 6.85. The topological polar surface area (TPSA) is 18.5 Å². The van der Waals surface area contributed by atoms with Crippen molar-refractivity contribution < 1.29 is 8.85 Å². The monoisotopic (exact) mass is 358 g/mol. The van der Waals surface area contributed by atoms with Gasteiger partial charge in [-0.2, -0.15) is 0 Å². The number of hydrogen-bond acceptors (Lipinski definition) is 2. The molecule has 130 valence electrons. The largest absolute Gasteiger partial charge is 0.414 e. The van der Waals surface area contributed by atoms with Gasteiger partial charge in [0.05, 0.1) is 5.22 Å². The molecule has 2 nitrogen and oxygen atoms in total. The van der Waals surface area contributed by atoms with Crippen molar-refractivity contribution in [2.45, 2.75) is 83.8 Å². The fourth-order valence-electron chi connectivity index (χ4n) is 2.62. The van der Waals surface area contributed by atoms with E-state index in [9.17, 15) is 0 Å². The standard InChI is InChI=1S/C17H38O2Si3/c1-12-16(20(6,7)14-3)18-22(10,11)17(5,13-2)19-21(8,9)15-4/h14-16H,3-4,12-13H2,1-2,5-11H3. The van der Waals surface area contributed by atoms with Gasteiger partial charge in [0.25, 0.3) is 0 Å². The maximum Gasteiger partial charge on any atom is 0.216 e. The Morgan fingerprint density at radius 1 is 1.00 bits per heavy atom. The molecule has 0 amide bonds. The van der Waals surface area contributed by atoms with Crippen molar-refractivity contribution >= 4 is 24.7 Å². The Morgan fingerprint density at radius 3 is 1.82 bits per heavy atom. The fourth-order valence-corrected chi connectivity index (χ4v) is 11.2. The summed E-state index contributed by atoms with van der Waals surface area (Å²) in [5.74, 6) is 0. The van der Waals surface area contributed by atoms with Crippen molar-refractivity contribution in [3.05, 3.63) is 24.6 Å². The van der Waals surface area contributed by atoms with E-state index >= 15 is 0 Å². The van der Waals surface area contributed by atoms with Gasteiger partial charge in [-0.1, -0.05) is 38.3 Å². The van der Waals surface area contributed by atoms with E-state index in [1.807, 2.05) is 5.70 Å². The molecule has 0 bridgehead atoms. The molecule has 0 aromatic heterocycles. The predicted octanol–water partition coefficient (Wildman–Crippen LogP) is 5.61. The minimum absolute atomic E-state index is 0.185. The van der Waals surface area contributed by atoms with E-state index in [1.165, 1.54) is 0 Å². The van der Waals surface area contributed by atoms with Crippen molar-refractivity contribution in [3.8, 4) is 0 Å². The summed E-state index contributed by atoms with van der Waals surface area (Å²) in [5, 5.41) is -0.185. The molecule has 22 heavy (non-hydrogen) atoms. The maximum atomic E-state index is 6.78.